The summed E-state index contributed by atoms with van der Waals surface area (Å²) < 4.78 is 5.42. The molecule has 134 valence electrons. The smallest absolute Gasteiger partial charge is 0.306 e. The van der Waals surface area contributed by atoms with Crippen LogP contribution in [0.5, 0.6) is 0 Å². The molecular formula is C20H30O4. The van der Waals surface area contributed by atoms with Crippen LogP contribution in [0.2, 0.25) is 0 Å². The first-order chi connectivity index (χ1) is 11.6. The number of carbonyl (C=O) groups excluding carboxylic acids is 1. The molecule has 24 heavy (non-hydrogen) atoms. The van der Waals surface area contributed by atoms with Crippen LogP contribution < -0.4 is 0 Å². The second kappa shape index (κ2) is 12.7. The van der Waals surface area contributed by atoms with Crippen LogP contribution in [0.1, 0.15) is 51.9 Å². The van der Waals surface area contributed by atoms with Crippen molar-refractivity contribution in [2.24, 2.45) is 0 Å². The van der Waals surface area contributed by atoms with Crippen LogP contribution in [0.15, 0.2) is 48.6 Å². The zero-order valence-corrected chi connectivity index (χ0v) is 14.5. The van der Waals surface area contributed by atoms with Gasteiger partial charge in [0.05, 0.1) is 6.10 Å². The van der Waals surface area contributed by atoms with Gasteiger partial charge in [0.1, 0.15) is 12.2 Å². The van der Waals surface area contributed by atoms with Gasteiger partial charge < -0.3 is 14.9 Å². The number of hydrogen-bond acceptors (Lipinski definition) is 4. The van der Waals surface area contributed by atoms with Gasteiger partial charge in [-0.3, -0.25) is 4.79 Å². The van der Waals surface area contributed by atoms with Gasteiger partial charge in [0.2, 0.25) is 0 Å². The summed E-state index contributed by atoms with van der Waals surface area (Å²) in [5, 5.41) is 20.1. The molecule has 0 amide bonds. The molecule has 1 heterocycles. The summed E-state index contributed by atoms with van der Waals surface area (Å²) in [5.41, 5.74) is 0. The van der Waals surface area contributed by atoms with Crippen LogP contribution in [0.3, 0.4) is 0 Å². The lowest BCUT2D eigenvalue weighted by molar-refractivity contribution is -0.153. The Bertz CT molecular complexity index is 462. The van der Waals surface area contributed by atoms with Crippen molar-refractivity contribution in [1.82, 2.24) is 0 Å². The minimum absolute atomic E-state index is 0.292. The van der Waals surface area contributed by atoms with Crippen LogP contribution in [-0.4, -0.2) is 34.5 Å². The van der Waals surface area contributed by atoms with Crippen molar-refractivity contribution in [2.75, 3.05) is 0 Å². The van der Waals surface area contributed by atoms with Crippen LogP contribution in [0.25, 0.3) is 0 Å². The molecule has 2 N–H and O–H groups in total. The number of esters is 1. The molecule has 0 aromatic carbocycles. The standard InChI is InChI=1S/C20H30O4/c1-2-3-4-5-6-10-13-19-18(22)16-15-17(21)12-9-7-8-11-14-20(23)24-19/h3-4,6-7,9-10,15-19,21-22H,2,5,8,11-14H2,1H3/b4-3-,9-7-,10-6-,16-15+/t17-,18+,19-/m1/s1. The number of ether oxygens (including phenoxy) is 1. The molecule has 0 aliphatic carbocycles. The van der Waals surface area contributed by atoms with Gasteiger partial charge in [-0.05, 0) is 32.1 Å². The van der Waals surface area contributed by atoms with Gasteiger partial charge in [0.15, 0.2) is 0 Å². The van der Waals surface area contributed by atoms with E-state index in [0.29, 0.717) is 25.7 Å². The Labute approximate surface area is 145 Å². The van der Waals surface area contributed by atoms with Crippen LogP contribution >= 0.6 is 0 Å². The van der Waals surface area contributed by atoms with E-state index in [-0.39, 0.29) is 5.97 Å². The van der Waals surface area contributed by atoms with Gasteiger partial charge in [-0.25, -0.2) is 0 Å². The van der Waals surface area contributed by atoms with Crippen molar-refractivity contribution in [2.45, 2.75) is 70.2 Å². The molecule has 0 aromatic rings. The van der Waals surface area contributed by atoms with E-state index >= 15 is 0 Å². The number of aliphatic hydroxyl groups is 2. The number of cyclic esters (lactones) is 1. The van der Waals surface area contributed by atoms with Crippen molar-refractivity contribution in [3.05, 3.63) is 48.6 Å². The van der Waals surface area contributed by atoms with E-state index in [4.69, 9.17) is 4.74 Å². The Kier molecular flexibility index (Phi) is 10.8. The lowest BCUT2D eigenvalue weighted by Crippen LogP contribution is -2.29. The van der Waals surface area contributed by atoms with Crippen LogP contribution in [0.4, 0.5) is 0 Å². The quantitative estimate of drug-likeness (QED) is 0.595. The molecule has 1 aliphatic heterocycles. The molecule has 1 aliphatic rings. The number of hydrogen-bond donors (Lipinski definition) is 2. The second-order valence-electron chi connectivity index (χ2n) is 5.89. The summed E-state index contributed by atoms with van der Waals surface area (Å²) in [6.45, 7) is 2.08. The Morgan fingerprint density at radius 3 is 2.75 bits per heavy atom. The van der Waals surface area contributed by atoms with Crippen LogP contribution in [0, 0.1) is 0 Å². The average Bonchev–Trinajstić information content (AvgIpc) is 2.58. The van der Waals surface area contributed by atoms with Gasteiger partial charge in [0.25, 0.3) is 0 Å². The van der Waals surface area contributed by atoms with E-state index in [9.17, 15) is 15.0 Å². The summed E-state index contributed by atoms with van der Waals surface area (Å²) in [6, 6.07) is 0. The monoisotopic (exact) mass is 334 g/mol. The molecule has 0 saturated heterocycles. The van der Waals surface area contributed by atoms with E-state index in [0.717, 1.165) is 19.3 Å². The summed E-state index contributed by atoms with van der Waals surface area (Å²) in [5.74, 6) is -0.292. The van der Waals surface area contributed by atoms with E-state index < -0.39 is 18.3 Å². The molecule has 0 saturated carbocycles. The van der Waals surface area contributed by atoms with Crippen molar-refractivity contribution in [3.63, 3.8) is 0 Å². The molecule has 4 heteroatoms. The maximum Gasteiger partial charge on any atom is 0.306 e. The minimum Gasteiger partial charge on any atom is -0.459 e. The van der Waals surface area contributed by atoms with E-state index in [2.05, 4.69) is 19.1 Å². The molecule has 1 rings (SSSR count). The van der Waals surface area contributed by atoms with Crippen LogP contribution in [-0.2, 0) is 9.53 Å². The zero-order valence-electron chi connectivity index (χ0n) is 14.5. The highest BCUT2D eigenvalue weighted by Gasteiger charge is 2.20. The number of aliphatic hydroxyl groups excluding tert-OH is 2. The summed E-state index contributed by atoms with van der Waals surface area (Å²) in [7, 11) is 0. The fourth-order valence-corrected chi connectivity index (χ4v) is 2.32. The zero-order chi connectivity index (χ0) is 17.6. The highest BCUT2D eigenvalue weighted by molar-refractivity contribution is 5.69. The third-order valence-corrected chi connectivity index (χ3v) is 3.70. The van der Waals surface area contributed by atoms with Gasteiger partial charge in [-0.1, -0.05) is 55.5 Å². The highest BCUT2D eigenvalue weighted by Crippen LogP contribution is 2.13. The fourth-order valence-electron chi connectivity index (χ4n) is 2.32. The third-order valence-electron chi connectivity index (χ3n) is 3.70. The molecule has 0 unspecified atom stereocenters. The first-order valence-electron chi connectivity index (χ1n) is 8.82. The Morgan fingerprint density at radius 2 is 1.96 bits per heavy atom. The number of rotatable bonds is 5. The van der Waals surface area contributed by atoms with E-state index in [1.54, 1.807) is 6.08 Å². The van der Waals surface area contributed by atoms with Crippen molar-refractivity contribution in [3.8, 4) is 0 Å². The molecule has 3 atom stereocenters. The predicted octanol–water partition coefficient (Wildman–Crippen LogP) is 3.61. The summed E-state index contributed by atoms with van der Waals surface area (Å²) in [6.07, 6.45) is 17.4. The van der Waals surface area contributed by atoms with Gasteiger partial charge in [-0.2, -0.15) is 0 Å². The SMILES string of the molecule is CC/C=C\C/C=C\C[C@H]1OC(=O)CCC/C=C\C[C@@H](O)/C=C/[C@@H]1O. The lowest BCUT2D eigenvalue weighted by Gasteiger charge is -2.20. The minimum atomic E-state index is -0.927. The molecule has 0 radical (unpaired) electrons. The van der Waals surface area contributed by atoms with E-state index in [1.165, 1.54) is 6.08 Å². The van der Waals surface area contributed by atoms with Gasteiger partial charge in [0, 0.05) is 12.8 Å². The maximum atomic E-state index is 11.9. The molecule has 4 nitrogen and oxygen atoms in total. The molecule has 0 aromatic heterocycles. The lowest BCUT2D eigenvalue weighted by atomic mass is 10.1. The normalized spacial score (nSPS) is 29.6. The topological polar surface area (TPSA) is 66.8 Å². The average molecular weight is 334 g/mol. The Morgan fingerprint density at radius 1 is 1.17 bits per heavy atom. The van der Waals surface area contributed by atoms with Crippen molar-refractivity contribution < 1.29 is 19.7 Å². The molecular weight excluding hydrogens is 304 g/mol. The second-order valence-corrected chi connectivity index (χ2v) is 5.89. The van der Waals surface area contributed by atoms with E-state index in [1.807, 2.05) is 24.3 Å². The number of allylic oxidation sites excluding steroid dienone is 4. The van der Waals surface area contributed by atoms with Gasteiger partial charge >= 0.3 is 5.97 Å². The maximum absolute atomic E-state index is 11.9. The predicted molar refractivity (Wildman–Crippen MR) is 96.4 cm³/mol. The number of carbonyl (C=O) groups is 1. The molecule has 0 bridgehead atoms. The third kappa shape index (κ3) is 9.48. The highest BCUT2D eigenvalue weighted by atomic mass is 16.6. The Balaban J connectivity index is 2.67. The van der Waals surface area contributed by atoms with Crippen molar-refractivity contribution >= 4 is 5.97 Å². The first kappa shape index (κ1) is 20.4. The first-order valence-corrected chi connectivity index (χ1v) is 8.82. The van der Waals surface area contributed by atoms with Gasteiger partial charge in [-0.15, -0.1) is 0 Å². The summed E-state index contributed by atoms with van der Waals surface area (Å²) in [4.78, 5) is 11.9. The van der Waals surface area contributed by atoms with Crippen molar-refractivity contribution in [1.29, 1.82) is 0 Å². The Hall–Kier alpha value is -1.65. The fraction of sp³-hybridized carbons (Fsp3) is 0.550. The largest absolute Gasteiger partial charge is 0.459 e. The summed E-state index contributed by atoms with van der Waals surface area (Å²) >= 11 is 0. The molecule has 0 fully saturated rings. The molecule has 0 spiro atoms.